The Morgan fingerprint density at radius 2 is 2.56 bits per heavy atom. The fraction of sp³-hybridized carbons (Fsp3) is 0.500. The third kappa shape index (κ3) is 2.30. The Morgan fingerprint density at radius 3 is 3.06 bits per heavy atom. The van der Waals surface area contributed by atoms with Gasteiger partial charge >= 0.3 is 5.97 Å². The first-order chi connectivity index (χ1) is 7.63. The van der Waals surface area contributed by atoms with Gasteiger partial charge in [-0.1, -0.05) is 5.11 Å². The maximum absolute atomic E-state index is 11.2. The summed E-state index contributed by atoms with van der Waals surface area (Å²) in [6, 6.07) is 0.655. The van der Waals surface area contributed by atoms with Crippen molar-refractivity contribution in [2.45, 2.75) is 6.04 Å². The molecular weight excluding hydrogens is 214 g/mol. The number of aliphatic hydroxyl groups is 1. The normalized spacial score (nSPS) is 11.7. The number of esters is 1. The van der Waals surface area contributed by atoms with Crippen molar-refractivity contribution in [1.82, 2.24) is 9.78 Å². The lowest BCUT2D eigenvalue weighted by molar-refractivity contribution is 0.0593. The zero-order valence-corrected chi connectivity index (χ0v) is 8.86. The zero-order valence-electron chi connectivity index (χ0n) is 8.86. The van der Waals surface area contributed by atoms with E-state index in [2.05, 4.69) is 19.9 Å². The van der Waals surface area contributed by atoms with E-state index in [1.807, 2.05) is 0 Å². The Balaban J connectivity index is 3.09. The van der Waals surface area contributed by atoms with Crippen molar-refractivity contribution >= 4 is 5.97 Å². The molecule has 0 aliphatic carbocycles. The Labute approximate surface area is 91.1 Å². The number of carbonyl (C=O) groups is 1. The van der Waals surface area contributed by atoms with Gasteiger partial charge in [0, 0.05) is 12.0 Å². The molecule has 1 aromatic rings. The number of carbonyl (C=O) groups excluding carboxylic acids is 1. The first kappa shape index (κ1) is 12.0. The molecule has 1 atom stereocenters. The fourth-order valence-electron chi connectivity index (χ4n) is 1.25. The minimum atomic E-state index is -0.763. The molecule has 1 heterocycles. The molecule has 8 heteroatoms. The number of methoxy groups -OCH3 is 1. The van der Waals surface area contributed by atoms with E-state index in [1.54, 1.807) is 7.05 Å². The molecule has 0 aliphatic heterocycles. The smallest absolute Gasteiger partial charge is 0.358 e. The van der Waals surface area contributed by atoms with Gasteiger partial charge in [-0.3, -0.25) is 4.68 Å². The van der Waals surface area contributed by atoms with Crippen LogP contribution in [0.2, 0.25) is 0 Å². The highest BCUT2D eigenvalue weighted by molar-refractivity contribution is 5.87. The minimum absolute atomic E-state index is 0.103. The Morgan fingerprint density at radius 1 is 1.88 bits per heavy atom. The second-order valence-corrected chi connectivity index (χ2v) is 2.97. The molecule has 0 aliphatic rings. The molecule has 0 fully saturated rings. The van der Waals surface area contributed by atoms with Crippen LogP contribution in [0.25, 0.3) is 10.4 Å². The number of nitrogens with zero attached hydrogens (tertiary/aromatic N) is 5. The first-order valence-corrected chi connectivity index (χ1v) is 4.41. The summed E-state index contributed by atoms with van der Waals surface area (Å²) in [5.41, 5.74) is 8.86. The Bertz CT molecular complexity index is 435. The van der Waals surface area contributed by atoms with Gasteiger partial charge in [0.15, 0.2) is 5.69 Å². The number of hydrogen-bond donors (Lipinski definition) is 1. The summed E-state index contributed by atoms with van der Waals surface area (Å²) >= 11 is 0. The van der Waals surface area contributed by atoms with Crippen LogP contribution in [-0.2, 0) is 11.8 Å². The van der Waals surface area contributed by atoms with Gasteiger partial charge in [-0.15, -0.1) is 0 Å². The quantitative estimate of drug-likeness (QED) is 0.349. The van der Waals surface area contributed by atoms with Crippen LogP contribution in [0.5, 0.6) is 0 Å². The van der Waals surface area contributed by atoms with E-state index in [9.17, 15) is 4.79 Å². The number of aliphatic hydroxyl groups excluding tert-OH is 1. The number of aryl methyl sites for hydroxylation is 1. The number of aromatic nitrogens is 2. The standard InChI is InChI=1S/C8H11N5O3/c1-13-7(6(4-14)10-12-9)3-5(11-13)8(15)16-2/h3,6,14H,4H2,1-2H3. The summed E-state index contributed by atoms with van der Waals surface area (Å²) < 4.78 is 5.86. The molecule has 1 aromatic heterocycles. The van der Waals surface area contributed by atoms with Gasteiger partial charge in [0.1, 0.15) is 6.04 Å². The second-order valence-electron chi connectivity index (χ2n) is 2.97. The molecule has 1 rings (SSSR count). The summed E-state index contributed by atoms with van der Waals surface area (Å²) in [5.74, 6) is -0.584. The maximum Gasteiger partial charge on any atom is 0.358 e. The van der Waals surface area contributed by atoms with Crippen LogP contribution < -0.4 is 0 Å². The lowest BCUT2D eigenvalue weighted by Crippen LogP contribution is -2.07. The van der Waals surface area contributed by atoms with Crippen LogP contribution in [0.3, 0.4) is 0 Å². The molecule has 0 amide bonds. The van der Waals surface area contributed by atoms with E-state index in [0.29, 0.717) is 5.69 Å². The summed E-state index contributed by atoms with van der Waals surface area (Å²) in [4.78, 5) is 13.8. The number of hydrogen-bond acceptors (Lipinski definition) is 5. The average Bonchev–Trinajstić information content (AvgIpc) is 2.67. The fourth-order valence-corrected chi connectivity index (χ4v) is 1.25. The highest BCUT2D eigenvalue weighted by Crippen LogP contribution is 2.17. The van der Waals surface area contributed by atoms with Crippen LogP contribution in [-0.4, -0.2) is 34.6 Å². The predicted molar refractivity (Wildman–Crippen MR) is 53.5 cm³/mol. The van der Waals surface area contributed by atoms with E-state index in [4.69, 9.17) is 10.6 Å². The van der Waals surface area contributed by atoms with Crippen LogP contribution in [0.1, 0.15) is 22.2 Å². The Kier molecular flexibility index (Phi) is 3.87. The summed E-state index contributed by atoms with van der Waals surface area (Å²) in [5, 5.41) is 16.3. The summed E-state index contributed by atoms with van der Waals surface area (Å²) in [6.07, 6.45) is 0. The molecule has 86 valence electrons. The molecule has 0 aromatic carbocycles. The van der Waals surface area contributed by atoms with Crippen molar-refractivity contribution < 1.29 is 14.6 Å². The highest BCUT2D eigenvalue weighted by atomic mass is 16.5. The lowest BCUT2D eigenvalue weighted by atomic mass is 10.2. The molecule has 16 heavy (non-hydrogen) atoms. The average molecular weight is 225 g/mol. The molecule has 0 saturated carbocycles. The van der Waals surface area contributed by atoms with E-state index >= 15 is 0 Å². The molecule has 8 nitrogen and oxygen atoms in total. The third-order valence-corrected chi connectivity index (χ3v) is 2.02. The summed E-state index contributed by atoms with van der Waals surface area (Å²) in [6.45, 7) is -0.357. The Hall–Kier alpha value is -2.05. The van der Waals surface area contributed by atoms with Crippen molar-refractivity contribution in [2.75, 3.05) is 13.7 Å². The topological polar surface area (TPSA) is 113 Å². The zero-order chi connectivity index (χ0) is 12.1. The molecule has 0 spiro atoms. The molecule has 0 radical (unpaired) electrons. The summed E-state index contributed by atoms with van der Waals surface area (Å²) in [7, 11) is 2.82. The van der Waals surface area contributed by atoms with Crippen molar-refractivity contribution in [3.8, 4) is 0 Å². The van der Waals surface area contributed by atoms with E-state index in [-0.39, 0.29) is 12.3 Å². The molecule has 1 unspecified atom stereocenters. The second kappa shape index (κ2) is 5.15. The molecule has 0 saturated heterocycles. The number of ether oxygens (including phenoxy) is 1. The minimum Gasteiger partial charge on any atom is -0.464 e. The predicted octanol–water partition coefficient (Wildman–Crippen LogP) is 0.550. The largest absolute Gasteiger partial charge is 0.464 e. The number of azide groups is 1. The van der Waals surface area contributed by atoms with Gasteiger partial charge in [0.05, 0.1) is 19.4 Å². The highest BCUT2D eigenvalue weighted by Gasteiger charge is 2.18. The monoisotopic (exact) mass is 225 g/mol. The third-order valence-electron chi connectivity index (χ3n) is 2.02. The van der Waals surface area contributed by atoms with Crippen LogP contribution in [0.4, 0.5) is 0 Å². The van der Waals surface area contributed by atoms with Gasteiger partial charge in [-0.05, 0) is 11.6 Å². The van der Waals surface area contributed by atoms with Crippen LogP contribution >= 0.6 is 0 Å². The van der Waals surface area contributed by atoms with E-state index in [1.165, 1.54) is 17.9 Å². The van der Waals surface area contributed by atoms with Crippen LogP contribution in [0.15, 0.2) is 11.2 Å². The maximum atomic E-state index is 11.2. The van der Waals surface area contributed by atoms with Gasteiger partial charge in [-0.25, -0.2) is 4.79 Å². The van der Waals surface area contributed by atoms with Gasteiger partial charge in [0.2, 0.25) is 0 Å². The molecule has 1 N–H and O–H groups in total. The first-order valence-electron chi connectivity index (χ1n) is 4.41. The SMILES string of the molecule is COC(=O)c1cc(C(CO)N=[N+]=[N-])n(C)n1. The van der Waals surface area contributed by atoms with Gasteiger partial charge < -0.3 is 9.84 Å². The van der Waals surface area contributed by atoms with E-state index < -0.39 is 12.0 Å². The molecule has 0 bridgehead atoms. The number of rotatable bonds is 4. The van der Waals surface area contributed by atoms with Crippen molar-refractivity contribution in [1.29, 1.82) is 0 Å². The van der Waals surface area contributed by atoms with Crippen molar-refractivity contribution in [3.63, 3.8) is 0 Å². The van der Waals surface area contributed by atoms with E-state index in [0.717, 1.165) is 0 Å². The van der Waals surface area contributed by atoms with Crippen molar-refractivity contribution in [3.05, 3.63) is 27.9 Å². The lowest BCUT2D eigenvalue weighted by Gasteiger charge is -2.06. The van der Waals surface area contributed by atoms with Crippen molar-refractivity contribution in [2.24, 2.45) is 12.2 Å². The van der Waals surface area contributed by atoms with Crippen LogP contribution in [0, 0.1) is 0 Å². The van der Waals surface area contributed by atoms with Gasteiger partial charge in [-0.2, -0.15) is 5.10 Å². The van der Waals surface area contributed by atoms with Gasteiger partial charge in [0.25, 0.3) is 0 Å². The molecular formula is C8H11N5O3.